The first kappa shape index (κ1) is 12.3. The molecule has 0 aromatic heterocycles. The second-order valence-electron chi connectivity index (χ2n) is 3.77. The Bertz CT molecular complexity index is 266. The molecule has 0 bridgehead atoms. The molecule has 1 N–H and O–H groups in total. The SMILES string of the molecule is CO.[B]C1CCN(Cc2ccccc2)C1. The molecule has 1 atom stereocenters. The van der Waals surface area contributed by atoms with Gasteiger partial charge < -0.3 is 5.11 Å². The second-order valence-corrected chi connectivity index (χ2v) is 3.77. The lowest BCUT2D eigenvalue weighted by Gasteiger charge is -2.14. The molecule has 1 unspecified atom stereocenters. The van der Waals surface area contributed by atoms with E-state index in [1.165, 1.54) is 5.56 Å². The highest BCUT2D eigenvalue weighted by Crippen LogP contribution is 2.19. The van der Waals surface area contributed by atoms with E-state index >= 15 is 0 Å². The van der Waals surface area contributed by atoms with E-state index in [1.807, 2.05) is 0 Å². The van der Waals surface area contributed by atoms with E-state index < -0.39 is 0 Å². The van der Waals surface area contributed by atoms with Crippen LogP contribution in [0.2, 0.25) is 5.82 Å². The summed E-state index contributed by atoms with van der Waals surface area (Å²) in [4.78, 5) is 2.42. The molecule has 0 spiro atoms. The first-order valence-corrected chi connectivity index (χ1v) is 5.31. The van der Waals surface area contributed by atoms with E-state index in [0.717, 1.165) is 33.2 Å². The summed E-state index contributed by atoms with van der Waals surface area (Å²) in [7, 11) is 6.84. The first-order valence-electron chi connectivity index (χ1n) is 5.31. The van der Waals surface area contributed by atoms with Crippen LogP contribution < -0.4 is 0 Å². The van der Waals surface area contributed by atoms with E-state index in [9.17, 15) is 0 Å². The Hall–Kier alpha value is -0.795. The molecule has 80 valence electrons. The maximum Gasteiger partial charge on any atom is 0.0717 e. The fourth-order valence-corrected chi connectivity index (χ4v) is 1.85. The van der Waals surface area contributed by atoms with Crippen molar-refractivity contribution in [2.45, 2.75) is 18.8 Å². The number of likely N-dealkylation sites (tertiary alicyclic amines) is 1. The van der Waals surface area contributed by atoms with Crippen LogP contribution in [0.1, 0.15) is 12.0 Å². The zero-order valence-electron chi connectivity index (χ0n) is 9.26. The van der Waals surface area contributed by atoms with Crippen LogP contribution in [0.3, 0.4) is 0 Å². The zero-order chi connectivity index (χ0) is 11.1. The van der Waals surface area contributed by atoms with E-state index in [2.05, 4.69) is 35.2 Å². The van der Waals surface area contributed by atoms with E-state index in [0.29, 0.717) is 5.82 Å². The molecule has 1 aliphatic rings. The standard InChI is InChI=1S/C11H14BN.CH4O/c12-11-6-7-13(9-11)8-10-4-2-1-3-5-10;1-2/h1-5,11H,6-9H2;2H,1H3. The van der Waals surface area contributed by atoms with Gasteiger partial charge in [-0.3, -0.25) is 4.90 Å². The predicted octanol–water partition coefficient (Wildman–Crippen LogP) is 1.46. The Morgan fingerprint density at radius 1 is 1.33 bits per heavy atom. The van der Waals surface area contributed by atoms with Crippen LogP contribution in [0.5, 0.6) is 0 Å². The third kappa shape index (κ3) is 4.06. The van der Waals surface area contributed by atoms with E-state index in [4.69, 9.17) is 13.0 Å². The van der Waals surface area contributed by atoms with Gasteiger partial charge in [0.15, 0.2) is 0 Å². The quantitative estimate of drug-likeness (QED) is 0.735. The number of hydrogen-bond donors (Lipinski definition) is 1. The summed E-state index contributed by atoms with van der Waals surface area (Å²) >= 11 is 0. The molecular formula is C12H18BNO. The molecule has 1 heterocycles. The van der Waals surface area contributed by atoms with Gasteiger partial charge in [-0.1, -0.05) is 36.1 Å². The molecule has 0 aliphatic carbocycles. The first-order chi connectivity index (χ1) is 7.34. The van der Waals surface area contributed by atoms with Crippen molar-refractivity contribution in [2.75, 3.05) is 20.2 Å². The minimum Gasteiger partial charge on any atom is -0.400 e. The second kappa shape index (κ2) is 6.65. The molecule has 1 aromatic carbocycles. The Labute approximate surface area is 93.3 Å². The third-order valence-corrected chi connectivity index (χ3v) is 2.56. The molecule has 1 aromatic rings. The molecule has 1 aliphatic heterocycles. The number of aliphatic hydroxyl groups is 1. The maximum absolute atomic E-state index is 7.00. The predicted molar refractivity (Wildman–Crippen MR) is 64.0 cm³/mol. The number of hydrogen-bond acceptors (Lipinski definition) is 2. The summed E-state index contributed by atoms with van der Waals surface area (Å²) in [6.45, 7) is 3.25. The van der Waals surface area contributed by atoms with Gasteiger partial charge in [0.2, 0.25) is 0 Å². The van der Waals surface area contributed by atoms with Crippen molar-refractivity contribution in [1.29, 1.82) is 0 Å². The van der Waals surface area contributed by atoms with Crippen LogP contribution in [0.25, 0.3) is 0 Å². The molecule has 1 fully saturated rings. The average Bonchev–Trinajstić information content (AvgIpc) is 2.68. The summed E-state index contributed by atoms with van der Waals surface area (Å²) < 4.78 is 0. The average molecular weight is 203 g/mol. The molecule has 0 amide bonds. The van der Waals surface area contributed by atoms with E-state index in [1.54, 1.807) is 0 Å². The molecule has 2 nitrogen and oxygen atoms in total. The van der Waals surface area contributed by atoms with Gasteiger partial charge in [0.25, 0.3) is 0 Å². The van der Waals surface area contributed by atoms with Gasteiger partial charge in [0, 0.05) is 13.7 Å². The molecule has 2 rings (SSSR count). The van der Waals surface area contributed by atoms with Crippen LogP contribution in [0.4, 0.5) is 0 Å². The molecule has 0 saturated carbocycles. The van der Waals surface area contributed by atoms with Crippen molar-refractivity contribution in [3.8, 4) is 0 Å². The summed E-state index contributed by atoms with van der Waals surface area (Å²) in [5.74, 6) is 0.392. The Kier molecular flexibility index (Phi) is 5.44. The van der Waals surface area contributed by atoms with Gasteiger partial charge in [-0.05, 0) is 25.1 Å². The van der Waals surface area contributed by atoms with Crippen LogP contribution in [0.15, 0.2) is 30.3 Å². The third-order valence-electron chi connectivity index (χ3n) is 2.56. The highest BCUT2D eigenvalue weighted by molar-refractivity contribution is 6.11. The monoisotopic (exact) mass is 203 g/mol. The maximum atomic E-state index is 7.00. The van der Waals surface area contributed by atoms with Crippen molar-refractivity contribution in [1.82, 2.24) is 4.90 Å². The molecule has 3 heteroatoms. The van der Waals surface area contributed by atoms with Crippen LogP contribution in [0, 0.1) is 0 Å². The van der Waals surface area contributed by atoms with Crippen molar-refractivity contribution in [3.05, 3.63) is 35.9 Å². The van der Waals surface area contributed by atoms with Crippen molar-refractivity contribution >= 4 is 7.85 Å². The summed E-state index contributed by atoms with van der Waals surface area (Å²) in [5, 5.41) is 7.00. The molecule has 1 saturated heterocycles. The summed E-state index contributed by atoms with van der Waals surface area (Å²) in [6.07, 6.45) is 1.15. The highest BCUT2D eigenvalue weighted by atomic mass is 16.2. The zero-order valence-corrected chi connectivity index (χ0v) is 9.26. The lowest BCUT2D eigenvalue weighted by atomic mass is 9.87. The molecular weight excluding hydrogens is 185 g/mol. The number of nitrogens with zero attached hydrogens (tertiary/aromatic N) is 1. The van der Waals surface area contributed by atoms with Crippen molar-refractivity contribution in [2.24, 2.45) is 0 Å². The van der Waals surface area contributed by atoms with Crippen molar-refractivity contribution < 1.29 is 5.11 Å². The van der Waals surface area contributed by atoms with Gasteiger partial charge in [0.1, 0.15) is 0 Å². The summed E-state index contributed by atoms with van der Waals surface area (Å²) in [5.41, 5.74) is 1.39. The van der Waals surface area contributed by atoms with Crippen molar-refractivity contribution in [3.63, 3.8) is 0 Å². The fourth-order valence-electron chi connectivity index (χ4n) is 1.85. The molecule has 2 radical (unpaired) electrons. The number of benzene rings is 1. The minimum atomic E-state index is 0.392. The number of rotatable bonds is 2. The van der Waals surface area contributed by atoms with Crippen LogP contribution in [-0.2, 0) is 6.54 Å². The normalized spacial score (nSPS) is 20.8. The van der Waals surface area contributed by atoms with Gasteiger partial charge in [0.05, 0.1) is 7.85 Å². The topological polar surface area (TPSA) is 23.5 Å². The van der Waals surface area contributed by atoms with Crippen LogP contribution >= 0.6 is 0 Å². The Morgan fingerprint density at radius 3 is 2.53 bits per heavy atom. The fraction of sp³-hybridized carbons (Fsp3) is 0.500. The van der Waals surface area contributed by atoms with Gasteiger partial charge in [-0.15, -0.1) is 0 Å². The lowest BCUT2D eigenvalue weighted by Crippen LogP contribution is -2.19. The van der Waals surface area contributed by atoms with Gasteiger partial charge in [-0.25, -0.2) is 0 Å². The Balaban J connectivity index is 0.000000531. The van der Waals surface area contributed by atoms with Gasteiger partial charge >= 0.3 is 0 Å². The minimum absolute atomic E-state index is 0.392. The largest absolute Gasteiger partial charge is 0.400 e. The summed E-state index contributed by atoms with van der Waals surface area (Å²) in [6, 6.07) is 10.6. The van der Waals surface area contributed by atoms with Crippen LogP contribution in [-0.4, -0.2) is 38.1 Å². The number of aliphatic hydroxyl groups excluding tert-OH is 1. The Morgan fingerprint density at radius 2 is 2.00 bits per heavy atom. The smallest absolute Gasteiger partial charge is 0.0717 e. The molecule has 15 heavy (non-hydrogen) atoms. The van der Waals surface area contributed by atoms with Gasteiger partial charge in [-0.2, -0.15) is 0 Å². The van der Waals surface area contributed by atoms with E-state index in [-0.39, 0.29) is 0 Å². The highest BCUT2D eigenvalue weighted by Gasteiger charge is 2.17. The lowest BCUT2D eigenvalue weighted by molar-refractivity contribution is 0.331.